The number of ether oxygens (including phenoxy) is 1. The van der Waals surface area contributed by atoms with Crippen molar-refractivity contribution in [2.24, 2.45) is 0 Å². The lowest BCUT2D eigenvalue weighted by Gasteiger charge is -2.06. The molecule has 17 heavy (non-hydrogen) atoms. The molecule has 1 aromatic rings. The van der Waals surface area contributed by atoms with Crippen molar-refractivity contribution in [1.82, 2.24) is 5.32 Å². The first-order valence-electron chi connectivity index (χ1n) is 5.46. The molecular formula is C12H15BrFNO2. The highest BCUT2D eigenvalue weighted by molar-refractivity contribution is 9.10. The first-order valence-corrected chi connectivity index (χ1v) is 6.25. The second-order valence-corrected chi connectivity index (χ2v) is 4.35. The molecule has 1 N–H and O–H groups in total. The van der Waals surface area contributed by atoms with Crippen LogP contribution in [0, 0.1) is 5.82 Å². The van der Waals surface area contributed by atoms with Crippen LogP contribution in [0.25, 0.3) is 0 Å². The van der Waals surface area contributed by atoms with Crippen molar-refractivity contribution in [3.63, 3.8) is 0 Å². The molecule has 0 aromatic heterocycles. The fourth-order valence-corrected chi connectivity index (χ4v) is 1.62. The van der Waals surface area contributed by atoms with Crippen LogP contribution in [-0.2, 0) is 4.74 Å². The first kappa shape index (κ1) is 14.1. The van der Waals surface area contributed by atoms with E-state index in [1.165, 1.54) is 12.1 Å². The van der Waals surface area contributed by atoms with Crippen molar-refractivity contribution in [1.29, 1.82) is 0 Å². The zero-order valence-corrected chi connectivity index (χ0v) is 11.2. The number of benzene rings is 1. The van der Waals surface area contributed by atoms with Crippen LogP contribution in [0.2, 0.25) is 0 Å². The number of carbonyl (C=O) groups is 1. The number of carbonyl (C=O) groups excluding carboxylic acids is 1. The van der Waals surface area contributed by atoms with Gasteiger partial charge in [0.1, 0.15) is 5.82 Å². The van der Waals surface area contributed by atoms with E-state index >= 15 is 0 Å². The summed E-state index contributed by atoms with van der Waals surface area (Å²) in [5.41, 5.74) is 0.0598. The van der Waals surface area contributed by atoms with Gasteiger partial charge in [-0.2, -0.15) is 0 Å². The van der Waals surface area contributed by atoms with E-state index in [0.29, 0.717) is 24.2 Å². The third-order valence-electron chi connectivity index (χ3n) is 2.13. The SMILES string of the molecule is CCOCCCNC(=O)c1ccc(Br)cc1F. The van der Waals surface area contributed by atoms with Gasteiger partial charge in [0.2, 0.25) is 0 Å². The Labute approximate surface area is 108 Å². The molecule has 1 aromatic carbocycles. The molecule has 0 saturated heterocycles. The van der Waals surface area contributed by atoms with Crippen molar-refractivity contribution in [3.05, 3.63) is 34.1 Å². The van der Waals surface area contributed by atoms with Gasteiger partial charge >= 0.3 is 0 Å². The van der Waals surface area contributed by atoms with Crippen LogP contribution in [0.15, 0.2) is 22.7 Å². The zero-order valence-electron chi connectivity index (χ0n) is 9.63. The van der Waals surface area contributed by atoms with Gasteiger partial charge in [-0.1, -0.05) is 15.9 Å². The highest BCUT2D eigenvalue weighted by Crippen LogP contribution is 2.14. The maximum Gasteiger partial charge on any atom is 0.254 e. The highest BCUT2D eigenvalue weighted by atomic mass is 79.9. The molecule has 1 amide bonds. The van der Waals surface area contributed by atoms with Crippen LogP contribution in [0.1, 0.15) is 23.7 Å². The number of amides is 1. The number of hydrogen-bond donors (Lipinski definition) is 1. The number of halogens is 2. The minimum absolute atomic E-state index is 0.0598. The van der Waals surface area contributed by atoms with Crippen LogP contribution >= 0.6 is 15.9 Å². The average molecular weight is 304 g/mol. The van der Waals surface area contributed by atoms with E-state index in [1.807, 2.05) is 6.92 Å². The lowest BCUT2D eigenvalue weighted by atomic mass is 10.2. The molecule has 0 saturated carbocycles. The Balaban J connectivity index is 2.42. The molecule has 0 bridgehead atoms. The molecule has 5 heteroatoms. The standard InChI is InChI=1S/C12H15BrFNO2/c1-2-17-7-3-6-15-12(16)10-5-4-9(13)8-11(10)14/h4-5,8H,2-3,6-7H2,1H3,(H,15,16). The van der Waals surface area contributed by atoms with E-state index < -0.39 is 11.7 Å². The molecule has 94 valence electrons. The van der Waals surface area contributed by atoms with Crippen LogP contribution in [-0.4, -0.2) is 25.7 Å². The van der Waals surface area contributed by atoms with E-state index in [1.54, 1.807) is 6.07 Å². The van der Waals surface area contributed by atoms with Crippen molar-refractivity contribution in [2.75, 3.05) is 19.8 Å². The van der Waals surface area contributed by atoms with E-state index in [2.05, 4.69) is 21.2 Å². The third kappa shape index (κ3) is 4.83. The van der Waals surface area contributed by atoms with Gasteiger partial charge in [-0.05, 0) is 31.5 Å². The largest absolute Gasteiger partial charge is 0.382 e. The molecule has 0 atom stereocenters. The fourth-order valence-electron chi connectivity index (χ4n) is 1.29. The molecular weight excluding hydrogens is 289 g/mol. The second kappa shape index (κ2) is 7.40. The van der Waals surface area contributed by atoms with Gasteiger partial charge in [-0.25, -0.2) is 4.39 Å². The van der Waals surface area contributed by atoms with Crippen molar-refractivity contribution < 1.29 is 13.9 Å². The lowest BCUT2D eigenvalue weighted by Crippen LogP contribution is -2.26. The Morgan fingerprint density at radius 2 is 2.29 bits per heavy atom. The Morgan fingerprint density at radius 3 is 2.94 bits per heavy atom. The summed E-state index contributed by atoms with van der Waals surface area (Å²) >= 11 is 3.14. The highest BCUT2D eigenvalue weighted by Gasteiger charge is 2.10. The fraction of sp³-hybridized carbons (Fsp3) is 0.417. The monoisotopic (exact) mass is 303 g/mol. The third-order valence-corrected chi connectivity index (χ3v) is 2.62. The topological polar surface area (TPSA) is 38.3 Å². The van der Waals surface area contributed by atoms with Crippen LogP contribution in [0.3, 0.4) is 0 Å². The van der Waals surface area contributed by atoms with Crippen LogP contribution in [0.4, 0.5) is 4.39 Å². The molecule has 3 nitrogen and oxygen atoms in total. The first-order chi connectivity index (χ1) is 8.15. The van der Waals surface area contributed by atoms with Crippen LogP contribution in [0.5, 0.6) is 0 Å². The lowest BCUT2D eigenvalue weighted by molar-refractivity contribution is 0.0940. The van der Waals surface area contributed by atoms with Gasteiger partial charge in [0, 0.05) is 24.2 Å². The van der Waals surface area contributed by atoms with Gasteiger partial charge < -0.3 is 10.1 Å². The Hall–Kier alpha value is -0.940. The summed E-state index contributed by atoms with van der Waals surface area (Å²) in [5, 5.41) is 2.64. The average Bonchev–Trinajstić information content (AvgIpc) is 2.28. The molecule has 0 radical (unpaired) electrons. The Kier molecular flexibility index (Phi) is 6.15. The molecule has 0 aliphatic carbocycles. The maximum atomic E-state index is 13.4. The van der Waals surface area contributed by atoms with E-state index in [-0.39, 0.29) is 5.56 Å². The smallest absolute Gasteiger partial charge is 0.254 e. The summed E-state index contributed by atoms with van der Waals surface area (Å²) in [4.78, 5) is 11.6. The van der Waals surface area contributed by atoms with Crippen LogP contribution < -0.4 is 5.32 Å². The predicted octanol–water partition coefficient (Wildman–Crippen LogP) is 2.74. The van der Waals surface area contributed by atoms with Gasteiger partial charge in [-0.15, -0.1) is 0 Å². The number of hydrogen-bond acceptors (Lipinski definition) is 2. The molecule has 0 heterocycles. The quantitative estimate of drug-likeness (QED) is 0.821. The summed E-state index contributed by atoms with van der Waals surface area (Å²) < 4.78 is 19.2. The molecule has 0 aliphatic heterocycles. The number of nitrogens with one attached hydrogen (secondary N) is 1. The summed E-state index contributed by atoms with van der Waals surface area (Å²) in [6, 6.07) is 4.37. The minimum atomic E-state index is -0.526. The summed E-state index contributed by atoms with van der Waals surface area (Å²) in [7, 11) is 0. The Morgan fingerprint density at radius 1 is 1.53 bits per heavy atom. The summed E-state index contributed by atoms with van der Waals surface area (Å²) in [5.74, 6) is -0.923. The predicted molar refractivity (Wildman–Crippen MR) is 67.5 cm³/mol. The maximum absolute atomic E-state index is 13.4. The Bertz CT molecular complexity index is 385. The number of rotatable bonds is 6. The van der Waals surface area contributed by atoms with Crippen molar-refractivity contribution >= 4 is 21.8 Å². The second-order valence-electron chi connectivity index (χ2n) is 3.43. The molecule has 0 fully saturated rings. The van der Waals surface area contributed by atoms with E-state index in [9.17, 15) is 9.18 Å². The van der Waals surface area contributed by atoms with Gasteiger partial charge in [0.05, 0.1) is 5.56 Å². The van der Waals surface area contributed by atoms with Gasteiger partial charge in [-0.3, -0.25) is 4.79 Å². The zero-order chi connectivity index (χ0) is 12.7. The molecule has 1 rings (SSSR count). The van der Waals surface area contributed by atoms with E-state index in [0.717, 1.165) is 6.42 Å². The normalized spacial score (nSPS) is 10.3. The molecule has 0 unspecified atom stereocenters. The molecule has 0 aliphatic rings. The minimum Gasteiger partial charge on any atom is -0.382 e. The van der Waals surface area contributed by atoms with Gasteiger partial charge in [0.15, 0.2) is 0 Å². The van der Waals surface area contributed by atoms with Crippen molar-refractivity contribution in [2.45, 2.75) is 13.3 Å². The summed E-state index contributed by atoms with van der Waals surface area (Å²) in [6.45, 7) is 3.65. The van der Waals surface area contributed by atoms with E-state index in [4.69, 9.17) is 4.74 Å². The summed E-state index contributed by atoms with van der Waals surface area (Å²) in [6.07, 6.45) is 0.720. The van der Waals surface area contributed by atoms with Gasteiger partial charge in [0.25, 0.3) is 5.91 Å². The van der Waals surface area contributed by atoms with Crippen molar-refractivity contribution in [3.8, 4) is 0 Å². The molecule has 0 spiro atoms.